The summed E-state index contributed by atoms with van der Waals surface area (Å²) in [6, 6.07) is 1.74. The lowest BCUT2D eigenvalue weighted by Crippen LogP contribution is -2.36. The van der Waals surface area contributed by atoms with Crippen molar-refractivity contribution in [3.05, 3.63) is 16.3 Å². The first-order chi connectivity index (χ1) is 9.54. The molecule has 2 rings (SSSR count). The van der Waals surface area contributed by atoms with E-state index in [0.29, 0.717) is 18.0 Å². The fourth-order valence-corrected chi connectivity index (χ4v) is 4.76. The molecule has 0 spiro atoms. The molecule has 2 heterocycles. The molecule has 114 valence electrons. The van der Waals surface area contributed by atoms with Gasteiger partial charge in [-0.15, -0.1) is 11.3 Å². The summed E-state index contributed by atoms with van der Waals surface area (Å²) >= 11 is 1.46. The minimum atomic E-state index is -3.40. The van der Waals surface area contributed by atoms with Crippen LogP contribution in [0.3, 0.4) is 0 Å². The van der Waals surface area contributed by atoms with Crippen LogP contribution in [0.15, 0.2) is 16.3 Å². The number of nitrogens with zero attached hydrogens (tertiary/aromatic N) is 1. The van der Waals surface area contributed by atoms with Gasteiger partial charge in [0.25, 0.3) is 0 Å². The average Bonchev–Trinajstić information content (AvgIpc) is 2.89. The highest BCUT2D eigenvalue weighted by Crippen LogP contribution is 2.23. The predicted octanol–water partition coefficient (Wildman–Crippen LogP) is 1.66. The Morgan fingerprint density at radius 3 is 2.95 bits per heavy atom. The van der Waals surface area contributed by atoms with Gasteiger partial charge in [-0.2, -0.15) is 4.31 Å². The third kappa shape index (κ3) is 3.79. The molecular weight excluding hydrogens is 296 g/mol. The highest BCUT2D eigenvalue weighted by Gasteiger charge is 2.26. The van der Waals surface area contributed by atoms with Crippen LogP contribution in [-0.2, 0) is 21.3 Å². The SMILES string of the molecule is CNCc1cc(S(=O)(=O)N(C)CC2CCCCO2)cs1. The van der Waals surface area contributed by atoms with Crippen LogP contribution in [0.2, 0.25) is 0 Å². The summed E-state index contributed by atoms with van der Waals surface area (Å²) in [5.74, 6) is 0. The van der Waals surface area contributed by atoms with Gasteiger partial charge in [-0.3, -0.25) is 0 Å². The molecule has 1 fully saturated rings. The summed E-state index contributed by atoms with van der Waals surface area (Å²) in [6.45, 7) is 1.86. The van der Waals surface area contributed by atoms with E-state index in [0.717, 1.165) is 30.7 Å². The molecule has 7 heteroatoms. The minimum Gasteiger partial charge on any atom is -0.377 e. The van der Waals surface area contributed by atoms with E-state index in [1.807, 2.05) is 7.05 Å². The van der Waals surface area contributed by atoms with Crippen molar-refractivity contribution in [2.75, 3.05) is 27.2 Å². The van der Waals surface area contributed by atoms with Gasteiger partial charge in [0.15, 0.2) is 0 Å². The Morgan fingerprint density at radius 1 is 1.50 bits per heavy atom. The van der Waals surface area contributed by atoms with Gasteiger partial charge in [0, 0.05) is 37.0 Å². The van der Waals surface area contributed by atoms with Gasteiger partial charge in [0.1, 0.15) is 0 Å². The van der Waals surface area contributed by atoms with Crippen molar-refractivity contribution in [1.29, 1.82) is 0 Å². The maximum Gasteiger partial charge on any atom is 0.243 e. The van der Waals surface area contributed by atoms with Crippen LogP contribution < -0.4 is 5.32 Å². The number of likely N-dealkylation sites (N-methyl/N-ethyl adjacent to an activating group) is 1. The second-order valence-electron chi connectivity index (χ2n) is 5.05. The molecule has 0 bridgehead atoms. The van der Waals surface area contributed by atoms with Crippen LogP contribution in [0, 0.1) is 0 Å². The molecule has 0 saturated carbocycles. The van der Waals surface area contributed by atoms with Gasteiger partial charge < -0.3 is 10.1 Å². The lowest BCUT2D eigenvalue weighted by Gasteiger charge is -2.26. The molecule has 1 aromatic rings. The van der Waals surface area contributed by atoms with Crippen LogP contribution in [-0.4, -0.2) is 46.1 Å². The molecule has 1 aliphatic heterocycles. The Kier molecular flexibility index (Phi) is 5.57. The maximum atomic E-state index is 12.5. The van der Waals surface area contributed by atoms with Crippen LogP contribution in [0.4, 0.5) is 0 Å². The third-order valence-electron chi connectivity index (χ3n) is 3.42. The van der Waals surface area contributed by atoms with Crippen molar-refractivity contribution < 1.29 is 13.2 Å². The predicted molar refractivity (Wildman–Crippen MR) is 80.5 cm³/mol. The van der Waals surface area contributed by atoms with Crippen molar-refractivity contribution in [2.45, 2.75) is 36.8 Å². The smallest absolute Gasteiger partial charge is 0.243 e. The third-order valence-corrected chi connectivity index (χ3v) is 6.31. The minimum absolute atomic E-state index is 0.0268. The zero-order valence-electron chi connectivity index (χ0n) is 12.0. The number of thiophene rings is 1. The summed E-state index contributed by atoms with van der Waals surface area (Å²) in [5, 5.41) is 4.73. The fourth-order valence-electron chi connectivity index (χ4n) is 2.28. The molecule has 1 N–H and O–H groups in total. The first-order valence-electron chi connectivity index (χ1n) is 6.84. The molecule has 5 nitrogen and oxygen atoms in total. The fraction of sp³-hybridized carbons (Fsp3) is 0.692. The zero-order valence-corrected chi connectivity index (χ0v) is 13.6. The topological polar surface area (TPSA) is 58.6 Å². The summed E-state index contributed by atoms with van der Waals surface area (Å²) in [7, 11) is 0.0755. The van der Waals surface area contributed by atoms with Gasteiger partial charge in [0.05, 0.1) is 11.0 Å². The highest BCUT2D eigenvalue weighted by molar-refractivity contribution is 7.89. The lowest BCUT2D eigenvalue weighted by molar-refractivity contribution is 0.00859. The molecule has 1 aromatic heterocycles. The normalized spacial score (nSPS) is 20.4. The standard InChI is InChI=1S/C13H22N2O3S2/c1-14-8-12-7-13(10-19-12)20(16,17)15(2)9-11-5-3-4-6-18-11/h7,10-11,14H,3-6,8-9H2,1-2H3. The average molecular weight is 318 g/mol. The van der Waals surface area contributed by atoms with Crippen LogP contribution >= 0.6 is 11.3 Å². The van der Waals surface area contributed by atoms with E-state index in [1.54, 1.807) is 18.5 Å². The number of rotatable bonds is 6. The van der Waals surface area contributed by atoms with Gasteiger partial charge in [-0.05, 0) is 32.4 Å². The number of nitrogens with one attached hydrogen (secondary N) is 1. The second-order valence-corrected chi connectivity index (χ2v) is 8.09. The van der Waals surface area contributed by atoms with Crippen LogP contribution in [0.1, 0.15) is 24.1 Å². The Morgan fingerprint density at radius 2 is 2.30 bits per heavy atom. The van der Waals surface area contributed by atoms with E-state index < -0.39 is 10.0 Å². The Bertz CT molecular complexity index is 521. The first kappa shape index (κ1) is 15.9. The highest BCUT2D eigenvalue weighted by atomic mass is 32.2. The molecule has 0 aliphatic carbocycles. The number of sulfonamides is 1. The van der Waals surface area contributed by atoms with E-state index in [-0.39, 0.29) is 6.10 Å². The largest absolute Gasteiger partial charge is 0.377 e. The van der Waals surface area contributed by atoms with Crippen molar-refractivity contribution in [2.24, 2.45) is 0 Å². The number of hydrogen-bond acceptors (Lipinski definition) is 5. The van der Waals surface area contributed by atoms with Crippen molar-refractivity contribution in [3.63, 3.8) is 0 Å². The molecule has 0 amide bonds. The summed E-state index contributed by atoms with van der Waals surface area (Å²) in [5.41, 5.74) is 0. The van der Waals surface area contributed by atoms with E-state index in [1.165, 1.54) is 15.6 Å². The van der Waals surface area contributed by atoms with Crippen molar-refractivity contribution in [3.8, 4) is 0 Å². The molecular formula is C13H22N2O3S2. The summed E-state index contributed by atoms with van der Waals surface area (Å²) in [6.07, 6.45) is 3.15. The Balaban J connectivity index is 2.03. The van der Waals surface area contributed by atoms with Crippen LogP contribution in [0.5, 0.6) is 0 Å². The zero-order chi connectivity index (χ0) is 14.6. The van der Waals surface area contributed by atoms with E-state index in [4.69, 9.17) is 4.74 Å². The molecule has 1 atom stereocenters. The van der Waals surface area contributed by atoms with E-state index in [9.17, 15) is 8.42 Å². The van der Waals surface area contributed by atoms with Gasteiger partial charge >= 0.3 is 0 Å². The Hall–Kier alpha value is -0.470. The summed E-state index contributed by atoms with van der Waals surface area (Å²) < 4.78 is 32.0. The summed E-state index contributed by atoms with van der Waals surface area (Å²) in [4.78, 5) is 1.40. The quantitative estimate of drug-likeness (QED) is 0.866. The Labute approximate surface area is 125 Å². The molecule has 1 aliphatic rings. The van der Waals surface area contributed by atoms with Gasteiger partial charge in [-0.25, -0.2) is 8.42 Å². The lowest BCUT2D eigenvalue weighted by atomic mass is 10.1. The van der Waals surface area contributed by atoms with Gasteiger partial charge in [-0.1, -0.05) is 0 Å². The molecule has 1 unspecified atom stereocenters. The molecule has 20 heavy (non-hydrogen) atoms. The maximum absolute atomic E-state index is 12.5. The number of hydrogen-bond donors (Lipinski definition) is 1. The monoisotopic (exact) mass is 318 g/mol. The number of ether oxygens (including phenoxy) is 1. The van der Waals surface area contributed by atoms with Crippen molar-refractivity contribution >= 4 is 21.4 Å². The van der Waals surface area contributed by atoms with E-state index >= 15 is 0 Å². The molecule has 0 radical (unpaired) electrons. The first-order valence-corrected chi connectivity index (χ1v) is 9.16. The second kappa shape index (κ2) is 7.00. The molecule has 0 aromatic carbocycles. The van der Waals surface area contributed by atoms with E-state index in [2.05, 4.69) is 5.32 Å². The van der Waals surface area contributed by atoms with Crippen LogP contribution in [0.25, 0.3) is 0 Å². The van der Waals surface area contributed by atoms with Crippen molar-refractivity contribution in [1.82, 2.24) is 9.62 Å². The molecule has 1 saturated heterocycles. The van der Waals surface area contributed by atoms with Gasteiger partial charge in [0.2, 0.25) is 10.0 Å².